The monoisotopic (exact) mass is 277 g/mol. The van der Waals surface area contributed by atoms with Gasteiger partial charge in [-0.25, -0.2) is 8.42 Å². The summed E-state index contributed by atoms with van der Waals surface area (Å²) in [6.45, 7) is 7.06. The highest BCUT2D eigenvalue weighted by Gasteiger charge is 2.36. The highest BCUT2D eigenvalue weighted by atomic mass is 32.2. The second-order valence-corrected chi connectivity index (χ2v) is 7.39. The average Bonchev–Trinajstić information content (AvgIpc) is 2.22. The van der Waals surface area contributed by atoms with Crippen molar-refractivity contribution in [3.05, 3.63) is 0 Å². The maximum absolute atomic E-state index is 11.5. The number of hydrogen-bond acceptors (Lipinski definition) is 5. The van der Waals surface area contributed by atoms with Crippen LogP contribution in [0.4, 0.5) is 0 Å². The van der Waals surface area contributed by atoms with E-state index in [1.54, 1.807) is 6.92 Å². The predicted octanol–water partition coefficient (Wildman–Crippen LogP) is -1.04. The second kappa shape index (κ2) is 5.54. The Hall–Kier alpha value is -0.660. The van der Waals surface area contributed by atoms with Crippen molar-refractivity contribution in [3.63, 3.8) is 0 Å². The van der Waals surface area contributed by atoms with Gasteiger partial charge in [0.1, 0.15) is 5.54 Å². The molecule has 1 fully saturated rings. The molecule has 1 aliphatic rings. The smallest absolute Gasteiger partial charge is 0.238 e. The molecule has 7 heteroatoms. The number of hydrogen-bond donors (Lipinski definition) is 2. The van der Waals surface area contributed by atoms with E-state index in [1.165, 1.54) is 0 Å². The highest BCUT2D eigenvalue weighted by Crippen LogP contribution is 2.15. The van der Waals surface area contributed by atoms with Gasteiger partial charge in [0.25, 0.3) is 0 Å². The number of nitrogens with one attached hydrogen (secondary N) is 1. The fourth-order valence-electron chi connectivity index (χ4n) is 2.29. The lowest BCUT2D eigenvalue weighted by molar-refractivity contribution is -0.124. The maximum atomic E-state index is 11.5. The van der Waals surface area contributed by atoms with Gasteiger partial charge in [0, 0.05) is 19.1 Å². The largest absolute Gasteiger partial charge is 0.368 e. The van der Waals surface area contributed by atoms with Crippen molar-refractivity contribution in [1.82, 2.24) is 10.2 Å². The minimum absolute atomic E-state index is 0.0823. The Morgan fingerprint density at radius 1 is 1.56 bits per heavy atom. The topological polar surface area (TPSA) is 92.5 Å². The van der Waals surface area contributed by atoms with Gasteiger partial charge in [0.05, 0.1) is 11.5 Å². The Morgan fingerprint density at radius 2 is 2.17 bits per heavy atom. The van der Waals surface area contributed by atoms with E-state index < -0.39 is 21.3 Å². The minimum Gasteiger partial charge on any atom is -0.368 e. The number of rotatable bonds is 5. The van der Waals surface area contributed by atoms with E-state index in [0.29, 0.717) is 19.6 Å². The van der Waals surface area contributed by atoms with Gasteiger partial charge in [0.2, 0.25) is 5.91 Å². The average molecular weight is 277 g/mol. The van der Waals surface area contributed by atoms with Gasteiger partial charge in [-0.05, 0) is 20.4 Å². The van der Waals surface area contributed by atoms with Crippen molar-refractivity contribution in [2.24, 2.45) is 5.73 Å². The van der Waals surface area contributed by atoms with Gasteiger partial charge in [-0.15, -0.1) is 0 Å². The summed E-state index contributed by atoms with van der Waals surface area (Å²) in [5.74, 6) is -0.114. The number of nitrogens with zero attached hydrogens (tertiary/aromatic N) is 1. The molecular weight excluding hydrogens is 254 g/mol. The van der Waals surface area contributed by atoms with Gasteiger partial charge in [-0.2, -0.15) is 0 Å². The molecule has 0 aromatic carbocycles. The van der Waals surface area contributed by atoms with Crippen LogP contribution in [0.3, 0.4) is 0 Å². The lowest BCUT2D eigenvalue weighted by atomic mass is 10.00. The van der Waals surface area contributed by atoms with E-state index in [0.717, 1.165) is 0 Å². The molecule has 0 aromatic heterocycles. The van der Waals surface area contributed by atoms with E-state index in [9.17, 15) is 13.2 Å². The van der Waals surface area contributed by atoms with Crippen LogP contribution in [-0.2, 0) is 14.6 Å². The van der Waals surface area contributed by atoms with Gasteiger partial charge < -0.3 is 11.1 Å². The molecule has 0 bridgehead atoms. The van der Waals surface area contributed by atoms with E-state index in [-0.39, 0.29) is 17.5 Å². The number of primary amides is 1. The molecule has 1 saturated heterocycles. The number of carbonyl (C=O) groups excluding carboxylic acids is 1. The third kappa shape index (κ3) is 3.66. The fourth-order valence-corrected chi connectivity index (χ4v) is 3.91. The van der Waals surface area contributed by atoms with Crippen LogP contribution in [0.1, 0.15) is 20.8 Å². The molecule has 0 aromatic rings. The first-order chi connectivity index (χ1) is 8.20. The molecule has 18 heavy (non-hydrogen) atoms. The first kappa shape index (κ1) is 15.4. The van der Waals surface area contributed by atoms with Crippen LogP contribution in [0.15, 0.2) is 0 Å². The van der Waals surface area contributed by atoms with Gasteiger partial charge in [0.15, 0.2) is 9.84 Å². The van der Waals surface area contributed by atoms with E-state index in [4.69, 9.17) is 5.73 Å². The lowest BCUT2D eigenvalue weighted by Crippen LogP contribution is -2.62. The molecule has 2 atom stereocenters. The summed E-state index contributed by atoms with van der Waals surface area (Å²) >= 11 is 0. The molecule has 1 amide bonds. The summed E-state index contributed by atoms with van der Waals surface area (Å²) < 4.78 is 23.0. The minimum atomic E-state index is -2.93. The fraction of sp³-hybridized carbons (Fsp3) is 0.909. The Kier molecular flexibility index (Phi) is 4.74. The molecule has 0 radical (unpaired) electrons. The molecule has 106 valence electrons. The molecule has 1 rings (SSSR count). The quantitative estimate of drug-likeness (QED) is 0.669. The maximum Gasteiger partial charge on any atom is 0.238 e. The van der Waals surface area contributed by atoms with Crippen LogP contribution in [0, 0.1) is 0 Å². The third-order valence-corrected chi connectivity index (χ3v) is 5.23. The molecule has 1 aliphatic heterocycles. The number of sulfone groups is 1. The zero-order chi connectivity index (χ0) is 14.0. The Morgan fingerprint density at radius 3 is 2.61 bits per heavy atom. The van der Waals surface area contributed by atoms with Crippen molar-refractivity contribution < 1.29 is 13.2 Å². The molecule has 0 aliphatic carbocycles. The summed E-state index contributed by atoms with van der Waals surface area (Å²) in [5, 5.41) is 3.08. The first-order valence-electron chi connectivity index (χ1n) is 6.19. The SMILES string of the molecule is CCNC(C)(CN1CCS(=O)(=O)CC1C)C(N)=O. The van der Waals surface area contributed by atoms with E-state index >= 15 is 0 Å². The van der Waals surface area contributed by atoms with Crippen molar-refractivity contribution in [2.45, 2.75) is 32.4 Å². The van der Waals surface area contributed by atoms with Crippen molar-refractivity contribution >= 4 is 15.7 Å². The Balaban J connectivity index is 2.74. The number of likely N-dealkylation sites (N-methyl/N-ethyl adjacent to an activating group) is 1. The van der Waals surface area contributed by atoms with E-state index in [2.05, 4.69) is 5.32 Å². The molecule has 0 saturated carbocycles. The number of nitrogens with two attached hydrogens (primary N) is 1. The van der Waals surface area contributed by atoms with Crippen LogP contribution in [0.5, 0.6) is 0 Å². The zero-order valence-electron chi connectivity index (χ0n) is 11.3. The third-order valence-electron chi connectivity index (χ3n) is 3.44. The standard InChI is InChI=1S/C11H23N3O3S/c1-4-13-11(3,10(12)15)8-14-5-6-18(16,17)7-9(14)2/h9,13H,4-8H2,1-3H3,(H2,12,15). The van der Waals surface area contributed by atoms with Gasteiger partial charge in [-0.1, -0.05) is 6.92 Å². The van der Waals surface area contributed by atoms with Gasteiger partial charge in [-0.3, -0.25) is 9.69 Å². The van der Waals surface area contributed by atoms with E-state index in [1.807, 2.05) is 18.7 Å². The summed E-state index contributed by atoms with van der Waals surface area (Å²) in [6.07, 6.45) is 0. The van der Waals surface area contributed by atoms with Crippen LogP contribution in [0.25, 0.3) is 0 Å². The van der Waals surface area contributed by atoms with Gasteiger partial charge >= 0.3 is 0 Å². The normalized spacial score (nSPS) is 27.6. The van der Waals surface area contributed by atoms with Crippen molar-refractivity contribution in [1.29, 1.82) is 0 Å². The molecule has 3 N–H and O–H groups in total. The Bertz CT molecular complexity index is 410. The van der Waals surface area contributed by atoms with Crippen molar-refractivity contribution in [2.75, 3.05) is 31.1 Å². The van der Waals surface area contributed by atoms with Crippen LogP contribution in [-0.4, -0.2) is 61.9 Å². The summed E-state index contributed by atoms with van der Waals surface area (Å²) in [6, 6.07) is -0.0823. The van der Waals surface area contributed by atoms with Crippen molar-refractivity contribution in [3.8, 4) is 0 Å². The molecule has 1 heterocycles. The van der Waals surface area contributed by atoms with Crippen LogP contribution < -0.4 is 11.1 Å². The Labute approximate surface area is 109 Å². The molecular formula is C11H23N3O3S. The second-order valence-electron chi connectivity index (χ2n) is 5.16. The predicted molar refractivity (Wildman–Crippen MR) is 71.0 cm³/mol. The number of carbonyl (C=O) groups is 1. The van der Waals surface area contributed by atoms with Crippen LogP contribution in [0.2, 0.25) is 0 Å². The molecule has 0 spiro atoms. The first-order valence-corrected chi connectivity index (χ1v) is 8.02. The summed E-state index contributed by atoms with van der Waals surface area (Å²) in [5.41, 5.74) is 4.61. The van der Waals surface area contributed by atoms with Crippen LogP contribution >= 0.6 is 0 Å². The lowest BCUT2D eigenvalue weighted by Gasteiger charge is -2.39. The number of amides is 1. The highest BCUT2D eigenvalue weighted by molar-refractivity contribution is 7.91. The summed E-state index contributed by atoms with van der Waals surface area (Å²) in [7, 11) is -2.93. The molecule has 6 nitrogen and oxygen atoms in total. The summed E-state index contributed by atoms with van der Waals surface area (Å²) in [4.78, 5) is 13.5. The zero-order valence-corrected chi connectivity index (χ0v) is 12.1. The molecule has 2 unspecified atom stereocenters.